The van der Waals surface area contributed by atoms with Crippen LogP contribution in [0.15, 0.2) is 72.8 Å². The number of benzene rings is 3. The zero-order valence-electron chi connectivity index (χ0n) is 16.5. The van der Waals surface area contributed by atoms with E-state index < -0.39 is 0 Å². The van der Waals surface area contributed by atoms with E-state index in [2.05, 4.69) is 16.3 Å². The van der Waals surface area contributed by atoms with Crippen LogP contribution in [0.4, 0.5) is 5.69 Å². The predicted molar refractivity (Wildman–Crippen MR) is 116 cm³/mol. The lowest BCUT2D eigenvalue weighted by molar-refractivity contribution is -0.121. The highest BCUT2D eigenvalue weighted by molar-refractivity contribution is 5.97. The largest absolute Gasteiger partial charge is 0.336 e. The fraction of sp³-hybridized carbons (Fsp3) is 0.250. The maximum Gasteiger partial charge on any atom is 0.253 e. The van der Waals surface area contributed by atoms with E-state index >= 15 is 0 Å². The minimum absolute atomic E-state index is 0.0249. The highest BCUT2D eigenvalue weighted by Crippen LogP contribution is 2.19. The van der Waals surface area contributed by atoms with Gasteiger partial charge in [0, 0.05) is 37.4 Å². The van der Waals surface area contributed by atoms with Crippen LogP contribution in [-0.4, -0.2) is 53.8 Å². The molecule has 1 saturated heterocycles. The maximum absolute atomic E-state index is 12.8. The average Bonchev–Trinajstić information content (AvgIpc) is 2.78. The summed E-state index contributed by atoms with van der Waals surface area (Å²) in [6.45, 7) is 4.55. The number of amides is 2. The Labute approximate surface area is 170 Å². The number of nitrogens with one attached hydrogen (secondary N) is 1. The van der Waals surface area contributed by atoms with Crippen LogP contribution in [0.25, 0.3) is 10.8 Å². The monoisotopic (exact) mass is 387 g/mol. The van der Waals surface area contributed by atoms with E-state index in [1.54, 1.807) is 0 Å². The molecule has 29 heavy (non-hydrogen) atoms. The highest BCUT2D eigenvalue weighted by Gasteiger charge is 2.27. The first kappa shape index (κ1) is 19.2. The number of anilines is 1. The summed E-state index contributed by atoms with van der Waals surface area (Å²) in [7, 11) is 0. The number of carbonyl (C=O) groups excluding carboxylic acids is 2. The molecule has 0 aliphatic carbocycles. The Kier molecular flexibility index (Phi) is 5.58. The molecule has 2 amide bonds. The van der Waals surface area contributed by atoms with Crippen LogP contribution in [0.3, 0.4) is 0 Å². The van der Waals surface area contributed by atoms with Crippen molar-refractivity contribution >= 4 is 28.3 Å². The Morgan fingerprint density at radius 1 is 0.828 bits per heavy atom. The van der Waals surface area contributed by atoms with Crippen molar-refractivity contribution in [3.05, 3.63) is 78.4 Å². The Morgan fingerprint density at radius 3 is 2.21 bits per heavy atom. The number of piperazine rings is 1. The summed E-state index contributed by atoms with van der Waals surface area (Å²) in [5, 5.41) is 5.28. The van der Waals surface area contributed by atoms with Gasteiger partial charge in [-0.2, -0.15) is 0 Å². The third kappa shape index (κ3) is 4.30. The van der Waals surface area contributed by atoms with Crippen LogP contribution in [0, 0.1) is 0 Å². The van der Waals surface area contributed by atoms with Gasteiger partial charge in [-0.05, 0) is 42.0 Å². The van der Waals surface area contributed by atoms with Crippen molar-refractivity contribution in [2.24, 2.45) is 0 Å². The zero-order valence-corrected chi connectivity index (χ0v) is 16.5. The summed E-state index contributed by atoms with van der Waals surface area (Å²) in [5.41, 5.74) is 1.52. The lowest BCUT2D eigenvalue weighted by Gasteiger charge is -2.37. The van der Waals surface area contributed by atoms with Crippen LogP contribution in [0.1, 0.15) is 17.3 Å². The topological polar surface area (TPSA) is 52.7 Å². The molecule has 5 heteroatoms. The first-order valence-corrected chi connectivity index (χ1v) is 10.00. The molecule has 1 fully saturated rings. The molecule has 1 aliphatic heterocycles. The molecule has 1 N–H and O–H groups in total. The maximum atomic E-state index is 12.8. The summed E-state index contributed by atoms with van der Waals surface area (Å²) < 4.78 is 0. The predicted octanol–water partition coefficient (Wildman–Crippen LogP) is 3.62. The molecule has 148 valence electrons. The van der Waals surface area contributed by atoms with Gasteiger partial charge in [0.15, 0.2) is 0 Å². The van der Waals surface area contributed by atoms with Crippen molar-refractivity contribution in [1.29, 1.82) is 0 Å². The Morgan fingerprint density at radius 2 is 1.48 bits per heavy atom. The fourth-order valence-electron chi connectivity index (χ4n) is 3.76. The second kappa shape index (κ2) is 8.45. The molecule has 0 spiro atoms. The summed E-state index contributed by atoms with van der Waals surface area (Å²) in [4.78, 5) is 29.3. The number of carbonyl (C=O) groups is 2. The standard InChI is InChI=1S/C24H25N3O2/c1-18(23(28)25-22-12-11-19-7-5-6-10-21(19)17-22)26-13-15-27(16-14-26)24(29)20-8-3-2-4-9-20/h2-12,17-18H,13-16H2,1H3,(H,25,28)/t18-/m0/s1. The van der Waals surface area contributed by atoms with E-state index in [-0.39, 0.29) is 17.9 Å². The van der Waals surface area contributed by atoms with Gasteiger partial charge in [-0.15, -0.1) is 0 Å². The average molecular weight is 387 g/mol. The number of hydrogen-bond donors (Lipinski definition) is 1. The van der Waals surface area contributed by atoms with Crippen molar-refractivity contribution in [2.45, 2.75) is 13.0 Å². The van der Waals surface area contributed by atoms with Crippen LogP contribution < -0.4 is 5.32 Å². The molecular weight excluding hydrogens is 362 g/mol. The van der Waals surface area contributed by atoms with Crippen molar-refractivity contribution in [2.75, 3.05) is 31.5 Å². The van der Waals surface area contributed by atoms with Gasteiger partial charge < -0.3 is 10.2 Å². The summed E-state index contributed by atoms with van der Waals surface area (Å²) in [6, 6.07) is 23.1. The molecule has 0 aromatic heterocycles. The van der Waals surface area contributed by atoms with E-state index in [0.717, 1.165) is 16.5 Å². The summed E-state index contributed by atoms with van der Waals surface area (Å²) in [6.07, 6.45) is 0. The van der Waals surface area contributed by atoms with Gasteiger partial charge in [-0.3, -0.25) is 14.5 Å². The van der Waals surface area contributed by atoms with Crippen molar-refractivity contribution < 1.29 is 9.59 Å². The van der Waals surface area contributed by atoms with Gasteiger partial charge in [-0.25, -0.2) is 0 Å². The zero-order chi connectivity index (χ0) is 20.2. The number of hydrogen-bond acceptors (Lipinski definition) is 3. The van der Waals surface area contributed by atoms with Gasteiger partial charge in [0.25, 0.3) is 5.91 Å². The van der Waals surface area contributed by atoms with E-state index in [0.29, 0.717) is 31.7 Å². The first-order chi connectivity index (χ1) is 14.1. The van der Waals surface area contributed by atoms with Crippen LogP contribution >= 0.6 is 0 Å². The minimum Gasteiger partial charge on any atom is -0.336 e. The molecule has 4 rings (SSSR count). The molecule has 0 radical (unpaired) electrons. The molecule has 1 atom stereocenters. The normalized spacial score (nSPS) is 15.8. The van der Waals surface area contributed by atoms with E-state index in [1.165, 1.54) is 0 Å². The quantitative estimate of drug-likeness (QED) is 0.744. The second-order valence-electron chi connectivity index (χ2n) is 7.42. The van der Waals surface area contributed by atoms with Crippen LogP contribution in [-0.2, 0) is 4.79 Å². The number of nitrogens with zero attached hydrogens (tertiary/aromatic N) is 2. The summed E-state index contributed by atoms with van der Waals surface area (Å²) in [5.74, 6) is 0.0293. The summed E-state index contributed by atoms with van der Waals surface area (Å²) >= 11 is 0. The first-order valence-electron chi connectivity index (χ1n) is 10.00. The Bertz CT molecular complexity index is 1010. The molecule has 1 aliphatic rings. The molecule has 5 nitrogen and oxygen atoms in total. The van der Waals surface area contributed by atoms with Crippen molar-refractivity contribution in [1.82, 2.24) is 9.80 Å². The van der Waals surface area contributed by atoms with Crippen LogP contribution in [0.5, 0.6) is 0 Å². The van der Waals surface area contributed by atoms with Gasteiger partial charge in [-0.1, -0.05) is 48.5 Å². The third-order valence-corrected chi connectivity index (χ3v) is 5.57. The molecule has 0 unspecified atom stereocenters. The lowest BCUT2D eigenvalue weighted by atomic mass is 10.1. The smallest absolute Gasteiger partial charge is 0.253 e. The van der Waals surface area contributed by atoms with Gasteiger partial charge >= 0.3 is 0 Å². The number of fused-ring (bicyclic) bond motifs is 1. The van der Waals surface area contributed by atoms with Gasteiger partial charge in [0.1, 0.15) is 0 Å². The van der Waals surface area contributed by atoms with Crippen molar-refractivity contribution in [3.8, 4) is 0 Å². The van der Waals surface area contributed by atoms with E-state index in [1.807, 2.05) is 78.6 Å². The molecule has 3 aromatic rings. The molecule has 3 aromatic carbocycles. The lowest BCUT2D eigenvalue weighted by Crippen LogP contribution is -2.54. The molecule has 0 bridgehead atoms. The van der Waals surface area contributed by atoms with E-state index in [9.17, 15) is 9.59 Å². The third-order valence-electron chi connectivity index (χ3n) is 5.57. The van der Waals surface area contributed by atoms with Crippen molar-refractivity contribution in [3.63, 3.8) is 0 Å². The fourth-order valence-corrected chi connectivity index (χ4v) is 3.76. The van der Waals surface area contributed by atoms with Crippen LogP contribution in [0.2, 0.25) is 0 Å². The molecular formula is C24H25N3O2. The van der Waals surface area contributed by atoms with E-state index in [4.69, 9.17) is 0 Å². The molecule has 1 heterocycles. The SMILES string of the molecule is C[C@@H](C(=O)Nc1ccc2ccccc2c1)N1CCN(C(=O)c2ccccc2)CC1. The second-order valence-corrected chi connectivity index (χ2v) is 7.42. The Balaban J connectivity index is 1.34. The van der Waals surface area contributed by atoms with Gasteiger partial charge in [0.2, 0.25) is 5.91 Å². The Hall–Kier alpha value is -3.18. The van der Waals surface area contributed by atoms with Gasteiger partial charge in [0.05, 0.1) is 6.04 Å². The highest BCUT2D eigenvalue weighted by atomic mass is 16.2. The number of rotatable bonds is 4. The molecule has 0 saturated carbocycles. The minimum atomic E-state index is -0.254.